The molecule has 0 aliphatic heterocycles. The van der Waals surface area contributed by atoms with E-state index in [4.69, 9.17) is 18.9 Å². The van der Waals surface area contributed by atoms with Crippen molar-refractivity contribution in [2.45, 2.75) is 60.7 Å². The van der Waals surface area contributed by atoms with Crippen molar-refractivity contribution in [1.82, 2.24) is 0 Å². The largest absolute Gasteiger partial charge is 0.490 e. The van der Waals surface area contributed by atoms with Gasteiger partial charge >= 0.3 is 0 Å². The summed E-state index contributed by atoms with van der Waals surface area (Å²) in [5.74, 6) is 2.50. The molecule has 0 aliphatic carbocycles. The van der Waals surface area contributed by atoms with Gasteiger partial charge in [0.2, 0.25) is 0 Å². The Labute approximate surface area is 258 Å². The summed E-state index contributed by atoms with van der Waals surface area (Å²) >= 11 is 0. The Bertz CT molecular complexity index is 1410. The monoisotopic (exact) mass is 578 g/mol. The van der Waals surface area contributed by atoms with Crippen molar-refractivity contribution in [3.8, 4) is 39.5 Å². The number of rotatable bonds is 13. The number of hydrogen-bond donors (Lipinski definition) is 0. The van der Waals surface area contributed by atoms with E-state index in [0.717, 1.165) is 33.8 Å². The van der Waals surface area contributed by atoms with Gasteiger partial charge in [-0.05, 0) is 61.9 Å². The van der Waals surface area contributed by atoms with Crippen LogP contribution in [0.3, 0.4) is 0 Å². The Kier molecular flexibility index (Phi) is 11.1. The van der Waals surface area contributed by atoms with Gasteiger partial charge in [-0.15, -0.1) is 0 Å². The Hall–Kier alpha value is -4.02. The molecule has 4 rings (SSSR count). The van der Waals surface area contributed by atoms with Crippen LogP contribution < -0.4 is 14.2 Å². The lowest BCUT2D eigenvalue weighted by molar-refractivity contribution is -0.0748. The molecule has 4 aromatic carbocycles. The van der Waals surface area contributed by atoms with Crippen LogP contribution in [0, 0.1) is 5.41 Å². The predicted molar refractivity (Wildman–Crippen MR) is 178 cm³/mol. The topological polar surface area (TPSA) is 36.9 Å². The highest BCUT2D eigenvalue weighted by Crippen LogP contribution is 2.41. The fourth-order valence-electron chi connectivity index (χ4n) is 5.22. The fraction of sp³-hybridized carbons (Fsp3) is 0.333. The van der Waals surface area contributed by atoms with Crippen LogP contribution in [0.1, 0.15) is 59.9 Å². The van der Waals surface area contributed by atoms with Gasteiger partial charge < -0.3 is 18.9 Å². The van der Waals surface area contributed by atoms with E-state index in [1.165, 1.54) is 11.1 Å². The summed E-state index contributed by atoms with van der Waals surface area (Å²) in [5, 5.41) is 0. The van der Waals surface area contributed by atoms with Gasteiger partial charge in [0.05, 0.1) is 13.2 Å². The molecular formula is C39H46O4. The molecule has 4 aromatic rings. The zero-order valence-corrected chi connectivity index (χ0v) is 26.7. The smallest absolute Gasteiger partial charge is 0.197 e. The Morgan fingerprint density at radius 1 is 0.721 bits per heavy atom. The van der Waals surface area contributed by atoms with Crippen LogP contribution >= 0.6 is 0 Å². The molecule has 0 amide bonds. The van der Waals surface area contributed by atoms with Crippen LogP contribution in [0.15, 0.2) is 109 Å². The molecule has 0 spiro atoms. The third-order valence-corrected chi connectivity index (χ3v) is 7.22. The summed E-state index contributed by atoms with van der Waals surface area (Å²) in [7, 11) is 0. The highest BCUT2D eigenvalue weighted by Gasteiger charge is 2.25. The molecular weight excluding hydrogens is 532 g/mol. The first kappa shape index (κ1) is 31.9. The molecule has 2 unspecified atom stereocenters. The molecule has 0 saturated carbocycles. The van der Waals surface area contributed by atoms with Gasteiger partial charge in [-0.25, -0.2) is 0 Å². The maximum absolute atomic E-state index is 6.43. The van der Waals surface area contributed by atoms with Crippen molar-refractivity contribution < 1.29 is 18.9 Å². The standard InChI is InChI=1S/C39H46O4/c1-8-40-37-27-32(35(26-28(2)3)39(5,6)7)22-23-36(37)43-29(4)41-24-25-42-38-33(30-16-11-9-12-17-30)20-15-21-34(38)31-18-13-10-14-19-31/h9-23,26-27,29,35H,8,24-25H2,1-7H3. The molecule has 0 heterocycles. The summed E-state index contributed by atoms with van der Waals surface area (Å²) in [6.07, 6.45) is 1.85. The van der Waals surface area contributed by atoms with E-state index in [2.05, 4.69) is 95.3 Å². The summed E-state index contributed by atoms with van der Waals surface area (Å²) in [6.45, 7) is 16.3. The average molecular weight is 579 g/mol. The van der Waals surface area contributed by atoms with E-state index in [1.807, 2.05) is 56.3 Å². The molecule has 4 nitrogen and oxygen atoms in total. The van der Waals surface area contributed by atoms with Crippen LogP contribution in [-0.2, 0) is 4.74 Å². The molecule has 0 aliphatic rings. The molecule has 0 radical (unpaired) electrons. The highest BCUT2D eigenvalue weighted by atomic mass is 16.7. The summed E-state index contributed by atoms with van der Waals surface area (Å²) in [6, 6.07) is 33.2. The normalized spacial score (nSPS) is 12.7. The highest BCUT2D eigenvalue weighted by molar-refractivity contribution is 5.82. The SMILES string of the molecule is CCOc1cc(C(C=C(C)C)C(C)(C)C)ccc1OC(C)OCCOc1c(-c2ccccc2)cccc1-c1ccccc1. The molecule has 4 heteroatoms. The Balaban J connectivity index is 1.46. The molecule has 226 valence electrons. The number of hydrogen-bond acceptors (Lipinski definition) is 4. The average Bonchev–Trinajstić information content (AvgIpc) is 2.99. The molecule has 0 saturated heterocycles. The minimum absolute atomic E-state index is 0.0685. The molecule has 2 atom stereocenters. The zero-order valence-electron chi connectivity index (χ0n) is 26.7. The van der Waals surface area contributed by atoms with E-state index in [0.29, 0.717) is 25.6 Å². The number of benzene rings is 4. The van der Waals surface area contributed by atoms with Crippen LogP contribution in [0.25, 0.3) is 22.3 Å². The molecule has 0 fully saturated rings. The van der Waals surface area contributed by atoms with Crippen molar-refractivity contribution in [3.05, 3.63) is 114 Å². The summed E-state index contributed by atoms with van der Waals surface area (Å²) in [4.78, 5) is 0. The van der Waals surface area contributed by atoms with Crippen LogP contribution in [0.2, 0.25) is 0 Å². The van der Waals surface area contributed by atoms with Crippen LogP contribution in [-0.4, -0.2) is 26.1 Å². The number of ether oxygens (including phenoxy) is 4. The van der Waals surface area contributed by atoms with E-state index >= 15 is 0 Å². The molecule has 43 heavy (non-hydrogen) atoms. The summed E-state index contributed by atoms with van der Waals surface area (Å²) < 4.78 is 24.7. The fourth-order valence-corrected chi connectivity index (χ4v) is 5.22. The lowest BCUT2D eigenvalue weighted by Crippen LogP contribution is -2.21. The van der Waals surface area contributed by atoms with Crippen molar-refractivity contribution in [3.63, 3.8) is 0 Å². The maximum Gasteiger partial charge on any atom is 0.197 e. The van der Waals surface area contributed by atoms with E-state index in [1.54, 1.807) is 0 Å². The molecule has 0 aromatic heterocycles. The van der Waals surface area contributed by atoms with Crippen molar-refractivity contribution >= 4 is 0 Å². The van der Waals surface area contributed by atoms with Crippen molar-refractivity contribution in [2.24, 2.45) is 5.41 Å². The minimum atomic E-state index is -0.484. The van der Waals surface area contributed by atoms with Crippen molar-refractivity contribution in [2.75, 3.05) is 19.8 Å². The van der Waals surface area contributed by atoms with Gasteiger partial charge in [0, 0.05) is 17.0 Å². The minimum Gasteiger partial charge on any atom is -0.490 e. The van der Waals surface area contributed by atoms with Gasteiger partial charge in [0.25, 0.3) is 0 Å². The second kappa shape index (κ2) is 14.9. The first-order chi connectivity index (χ1) is 20.7. The third kappa shape index (κ3) is 8.75. The molecule has 0 N–H and O–H groups in total. The quantitative estimate of drug-likeness (QED) is 0.0898. The van der Waals surface area contributed by atoms with Gasteiger partial charge in [-0.3, -0.25) is 0 Å². The van der Waals surface area contributed by atoms with Crippen molar-refractivity contribution in [1.29, 1.82) is 0 Å². The third-order valence-electron chi connectivity index (χ3n) is 7.22. The van der Waals surface area contributed by atoms with Crippen LogP contribution in [0.4, 0.5) is 0 Å². The van der Waals surface area contributed by atoms with Gasteiger partial charge in [0.1, 0.15) is 12.4 Å². The van der Waals surface area contributed by atoms with E-state index in [-0.39, 0.29) is 11.3 Å². The predicted octanol–water partition coefficient (Wildman–Crippen LogP) is 10.3. The van der Waals surface area contributed by atoms with Gasteiger partial charge in [-0.1, -0.05) is 117 Å². The van der Waals surface area contributed by atoms with Gasteiger partial charge in [0.15, 0.2) is 17.8 Å². The van der Waals surface area contributed by atoms with Crippen LogP contribution in [0.5, 0.6) is 17.2 Å². The second-order valence-corrected chi connectivity index (χ2v) is 12.0. The zero-order chi connectivity index (χ0) is 30.8. The first-order valence-corrected chi connectivity index (χ1v) is 15.2. The molecule has 0 bridgehead atoms. The Morgan fingerprint density at radius 2 is 1.33 bits per heavy atom. The number of para-hydroxylation sites is 1. The van der Waals surface area contributed by atoms with Gasteiger partial charge in [-0.2, -0.15) is 0 Å². The number of allylic oxidation sites excluding steroid dienone is 2. The maximum atomic E-state index is 6.43. The summed E-state index contributed by atoms with van der Waals surface area (Å²) in [5.41, 5.74) is 6.89. The lowest BCUT2D eigenvalue weighted by atomic mass is 9.75. The Morgan fingerprint density at radius 3 is 1.86 bits per heavy atom. The van der Waals surface area contributed by atoms with E-state index < -0.39 is 6.29 Å². The second-order valence-electron chi connectivity index (χ2n) is 12.0. The lowest BCUT2D eigenvalue weighted by Gasteiger charge is -2.30. The van der Waals surface area contributed by atoms with E-state index in [9.17, 15) is 0 Å². The first-order valence-electron chi connectivity index (χ1n) is 15.2.